The number of rotatable bonds is 5. The number of nitrogen functional groups attached to an aromatic ring is 1. The number of nitrogens with zero attached hydrogens (tertiary/aromatic N) is 2. The highest BCUT2D eigenvalue weighted by Crippen LogP contribution is 2.25. The lowest BCUT2D eigenvalue weighted by Crippen LogP contribution is -2.35. The molecule has 0 aliphatic rings. The zero-order valence-electron chi connectivity index (χ0n) is 12.6. The molecule has 0 radical (unpaired) electrons. The summed E-state index contributed by atoms with van der Waals surface area (Å²) in [5.74, 6) is 0.0313. The minimum absolute atomic E-state index is 0.0641. The van der Waals surface area contributed by atoms with Crippen molar-refractivity contribution in [3.63, 3.8) is 0 Å². The van der Waals surface area contributed by atoms with E-state index in [1.807, 2.05) is 0 Å². The highest BCUT2D eigenvalue weighted by Gasteiger charge is 2.15. The predicted molar refractivity (Wildman–Crippen MR) is 89.1 cm³/mol. The highest BCUT2D eigenvalue weighted by molar-refractivity contribution is 6.33. The highest BCUT2D eigenvalue weighted by atomic mass is 35.5. The average Bonchev–Trinajstić information content (AvgIpc) is 2.56. The summed E-state index contributed by atoms with van der Waals surface area (Å²) in [6.45, 7) is -0.323. The number of nitrogens with two attached hydrogens (primary N) is 1. The van der Waals surface area contributed by atoms with Crippen molar-refractivity contribution in [3.8, 4) is 11.1 Å². The smallest absolute Gasteiger partial charge is 0.253 e. The summed E-state index contributed by atoms with van der Waals surface area (Å²) in [5.41, 5.74) is 7.72. The van der Waals surface area contributed by atoms with Crippen molar-refractivity contribution >= 4 is 23.3 Å². The molecule has 6 nitrogen and oxygen atoms in total. The van der Waals surface area contributed by atoms with Gasteiger partial charge in [-0.15, -0.1) is 0 Å². The number of amides is 1. The molecule has 0 aliphatic carbocycles. The first-order valence-corrected chi connectivity index (χ1v) is 7.36. The third-order valence-electron chi connectivity index (χ3n) is 3.38. The number of likely N-dealkylation sites (N-methyl/N-ethyl adjacent to an activating group) is 1. The van der Waals surface area contributed by atoms with E-state index < -0.39 is 6.10 Å². The molecule has 0 bridgehead atoms. The van der Waals surface area contributed by atoms with Crippen molar-refractivity contribution in [1.82, 2.24) is 9.88 Å². The Morgan fingerprint density at radius 3 is 2.57 bits per heavy atom. The van der Waals surface area contributed by atoms with Crippen molar-refractivity contribution < 1.29 is 15.0 Å². The first-order chi connectivity index (χ1) is 10.9. The van der Waals surface area contributed by atoms with Crippen molar-refractivity contribution in [2.75, 3.05) is 25.9 Å². The Balaban J connectivity index is 2.15. The molecule has 7 heteroatoms. The monoisotopic (exact) mass is 335 g/mol. The molecule has 0 aliphatic heterocycles. The fourth-order valence-corrected chi connectivity index (χ4v) is 2.26. The molecule has 2 aromatic rings. The fraction of sp³-hybridized carbons (Fsp3) is 0.250. The lowest BCUT2D eigenvalue weighted by Gasteiger charge is -2.19. The number of hydrogen-bond donors (Lipinski definition) is 3. The molecule has 0 saturated carbocycles. The van der Waals surface area contributed by atoms with Crippen LogP contribution in [0, 0.1) is 0 Å². The van der Waals surface area contributed by atoms with Crippen LogP contribution in [0.3, 0.4) is 0 Å². The molecule has 0 fully saturated rings. The maximum atomic E-state index is 12.2. The zero-order valence-corrected chi connectivity index (χ0v) is 13.4. The first-order valence-electron chi connectivity index (χ1n) is 6.98. The number of hydrogen-bond acceptors (Lipinski definition) is 5. The van der Waals surface area contributed by atoms with Gasteiger partial charge in [-0.05, 0) is 23.8 Å². The molecule has 1 atom stereocenters. The number of aromatic nitrogens is 1. The van der Waals surface area contributed by atoms with E-state index >= 15 is 0 Å². The first kappa shape index (κ1) is 17.2. The second-order valence-corrected chi connectivity index (χ2v) is 5.60. The summed E-state index contributed by atoms with van der Waals surface area (Å²) >= 11 is 5.96. The van der Waals surface area contributed by atoms with E-state index in [1.165, 1.54) is 4.90 Å². The van der Waals surface area contributed by atoms with Crippen LogP contribution in [0.15, 0.2) is 36.5 Å². The van der Waals surface area contributed by atoms with Gasteiger partial charge < -0.3 is 20.8 Å². The van der Waals surface area contributed by atoms with Gasteiger partial charge in [-0.25, -0.2) is 4.98 Å². The van der Waals surface area contributed by atoms with Crippen LogP contribution in [0.5, 0.6) is 0 Å². The Kier molecular flexibility index (Phi) is 5.54. The third-order valence-corrected chi connectivity index (χ3v) is 3.68. The Morgan fingerprint density at radius 1 is 1.35 bits per heavy atom. The molecule has 4 N–H and O–H groups in total. The van der Waals surface area contributed by atoms with Gasteiger partial charge in [0.25, 0.3) is 5.91 Å². The maximum absolute atomic E-state index is 12.2. The molecule has 1 amide bonds. The topological polar surface area (TPSA) is 99.7 Å². The quantitative estimate of drug-likeness (QED) is 0.767. The number of pyridine rings is 1. The van der Waals surface area contributed by atoms with E-state index in [9.17, 15) is 9.90 Å². The van der Waals surface area contributed by atoms with Crippen LogP contribution in [-0.2, 0) is 0 Å². The van der Waals surface area contributed by atoms with Crippen LogP contribution in [0.1, 0.15) is 10.4 Å². The number of aliphatic hydroxyl groups excluding tert-OH is 2. The molecule has 23 heavy (non-hydrogen) atoms. The molecule has 0 spiro atoms. The van der Waals surface area contributed by atoms with Crippen molar-refractivity contribution in [3.05, 3.63) is 47.1 Å². The molecule has 2 rings (SSSR count). The van der Waals surface area contributed by atoms with E-state index in [0.717, 1.165) is 11.1 Å². The normalized spacial score (nSPS) is 12.0. The van der Waals surface area contributed by atoms with Gasteiger partial charge in [-0.1, -0.05) is 23.7 Å². The van der Waals surface area contributed by atoms with Gasteiger partial charge in [-0.2, -0.15) is 0 Å². The number of carbonyl (C=O) groups is 1. The molecule has 1 aromatic heterocycles. The number of aliphatic hydroxyl groups is 2. The van der Waals surface area contributed by atoms with Gasteiger partial charge in [0.15, 0.2) is 0 Å². The molecule has 0 saturated heterocycles. The van der Waals surface area contributed by atoms with E-state index in [4.69, 9.17) is 22.4 Å². The average molecular weight is 336 g/mol. The molecule has 1 unspecified atom stereocenters. The van der Waals surface area contributed by atoms with E-state index in [2.05, 4.69) is 4.98 Å². The zero-order chi connectivity index (χ0) is 17.0. The largest absolute Gasteiger partial charge is 0.394 e. The third kappa shape index (κ3) is 4.19. The SMILES string of the molecule is CN(CC(O)CO)C(=O)c1ccc(-c2cnc(N)c(Cl)c2)cc1. The standard InChI is InChI=1S/C16H18ClN3O3/c1-20(8-13(22)9-21)16(23)11-4-2-10(3-5-11)12-6-14(17)15(18)19-7-12/h2-7,13,21-22H,8-9H2,1H3,(H2,18,19). The summed E-state index contributed by atoms with van der Waals surface area (Å²) in [6, 6.07) is 8.65. The summed E-state index contributed by atoms with van der Waals surface area (Å²) in [5, 5.41) is 18.6. The number of halogens is 1. The van der Waals surface area contributed by atoms with Gasteiger partial charge in [-0.3, -0.25) is 4.79 Å². The number of anilines is 1. The second-order valence-electron chi connectivity index (χ2n) is 5.19. The van der Waals surface area contributed by atoms with Crippen molar-refractivity contribution in [1.29, 1.82) is 0 Å². The fourth-order valence-electron chi connectivity index (χ4n) is 2.09. The second kappa shape index (κ2) is 7.41. The molecule has 1 heterocycles. The lowest BCUT2D eigenvalue weighted by atomic mass is 10.0. The van der Waals surface area contributed by atoms with E-state index in [-0.39, 0.29) is 24.9 Å². The van der Waals surface area contributed by atoms with Gasteiger partial charge in [0.05, 0.1) is 17.7 Å². The van der Waals surface area contributed by atoms with E-state index in [1.54, 1.807) is 43.6 Å². The van der Waals surface area contributed by atoms with Crippen molar-refractivity contribution in [2.45, 2.75) is 6.10 Å². The summed E-state index contributed by atoms with van der Waals surface area (Å²) < 4.78 is 0. The van der Waals surface area contributed by atoms with Gasteiger partial charge in [0.2, 0.25) is 0 Å². The number of carbonyl (C=O) groups excluding carboxylic acids is 1. The Morgan fingerprint density at radius 2 is 2.00 bits per heavy atom. The van der Waals surface area contributed by atoms with Gasteiger partial charge in [0, 0.05) is 30.9 Å². The number of benzene rings is 1. The van der Waals surface area contributed by atoms with Crippen LogP contribution in [0.2, 0.25) is 5.02 Å². The van der Waals surface area contributed by atoms with Crippen LogP contribution in [-0.4, -0.2) is 52.3 Å². The predicted octanol–water partition coefficient (Wildman–Crippen LogP) is 1.41. The molecule has 122 valence electrons. The van der Waals surface area contributed by atoms with Crippen LogP contribution < -0.4 is 5.73 Å². The maximum Gasteiger partial charge on any atom is 0.253 e. The summed E-state index contributed by atoms with van der Waals surface area (Å²) in [7, 11) is 1.57. The molecular weight excluding hydrogens is 318 g/mol. The minimum Gasteiger partial charge on any atom is -0.394 e. The van der Waals surface area contributed by atoms with Crippen LogP contribution >= 0.6 is 11.6 Å². The summed E-state index contributed by atoms with van der Waals surface area (Å²) in [4.78, 5) is 17.6. The molecule has 1 aromatic carbocycles. The lowest BCUT2D eigenvalue weighted by molar-refractivity contribution is 0.0520. The Bertz CT molecular complexity index is 691. The van der Waals surface area contributed by atoms with E-state index in [0.29, 0.717) is 10.6 Å². The van der Waals surface area contributed by atoms with Crippen molar-refractivity contribution in [2.24, 2.45) is 0 Å². The Labute approximate surface area is 139 Å². The minimum atomic E-state index is -0.953. The van der Waals surface area contributed by atoms with Crippen LogP contribution in [0.25, 0.3) is 11.1 Å². The Hall–Kier alpha value is -2.15. The van der Waals surface area contributed by atoms with Gasteiger partial charge in [0.1, 0.15) is 5.82 Å². The molecular formula is C16H18ClN3O3. The summed E-state index contributed by atoms with van der Waals surface area (Å²) in [6.07, 6.45) is 0.660. The van der Waals surface area contributed by atoms with Gasteiger partial charge >= 0.3 is 0 Å². The van der Waals surface area contributed by atoms with Crippen LogP contribution in [0.4, 0.5) is 5.82 Å².